The quantitative estimate of drug-likeness (QED) is 0.726. The van der Waals surface area contributed by atoms with Gasteiger partial charge in [-0.15, -0.1) is 0 Å². The summed E-state index contributed by atoms with van der Waals surface area (Å²) < 4.78 is 1.15. The van der Waals surface area contributed by atoms with Gasteiger partial charge in [-0.25, -0.2) is 0 Å². The molecule has 1 N–H and O–H groups in total. The summed E-state index contributed by atoms with van der Waals surface area (Å²) in [6.45, 7) is 0. The van der Waals surface area contributed by atoms with Crippen molar-refractivity contribution in [3.8, 4) is 16.2 Å². The number of hydrogen-bond donors (Lipinski definition) is 1. The van der Waals surface area contributed by atoms with Crippen LogP contribution in [0.15, 0.2) is 54.6 Å². The molecule has 0 saturated heterocycles. The normalized spacial score (nSPS) is 10.4. The fourth-order valence-electron chi connectivity index (χ4n) is 2.08. The molecule has 2 nitrogen and oxygen atoms in total. The Hall–Kier alpha value is -2.01. The number of fused-ring (bicyclic) bond motifs is 1. The van der Waals surface area contributed by atoms with Crippen molar-refractivity contribution < 1.29 is 0 Å². The molecular weight excluding hydrogens is 287 g/mol. The van der Waals surface area contributed by atoms with E-state index in [2.05, 4.69) is 34.2 Å². The first-order chi connectivity index (χ1) is 8.90. The van der Waals surface area contributed by atoms with Crippen molar-refractivity contribution in [2.24, 2.45) is 0 Å². The molecule has 0 aliphatic rings. The topological polar surface area (TPSA) is 39.6 Å². The van der Waals surface area contributed by atoms with Crippen LogP contribution in [-0.2, 0) is 0 Å². The zero-order valence-electron chi connectivity index (χ0n) is 9.55. The van der Waals surface area contributed by atoms with Crippen LogP contribution in [0.4, 0.5) is 0 Å². The average molecular weight is 297 g/mol. The standard InChI is InChI=1S/C15H10N2Se/c16-10-18-15-12-8-4-5-9-13(12)17-14(15)11-6-2-1-3-7-11/h1-9,17H. The molecule has 0 spiro atoms. The summed E-state index contributed by atoms with van der Waals surface area (Å²) in [5.41, 5.74) is 3.32. The van der Waals surface area contributed by atoms with Crippen LogP contribution in [0.3, 0.4) is 0 Å². The van der Waals surface area contributed by atoms with Crippen LogP contribution < -0.4 is 4.46 Å². The number of nitrogens with one attached hydrogen (secondary N) is 1. The van der Waals surface area contributed by atoms with Gasteiger partial charge in [0, 0.05) is 0 Å². The van der Waals surface area contributed by atoms with Crippen LogP contribution in [-0.4, -0.2) is 19.9 Å². The van der Waals surface area contributed by atoms with E-state index < -0.39 is 0 Å². The molecule has 0 amide bonds. The average Bonchev–Trinajstić information content (AvgIpc) is 2.80. The van der Waals surface area contributed by atoms with Gasteiger partial charge in [0.05, 0.1) is 0 Å². The predicted molar refractivity (Wildman–Crippen MR) is 74.7 cm³/mol. The number of H-pyrrole nitrogens is 1. The molecule has 0 fully saturated rings. The Morgan fingerprint density at radius 2 is 1.67 bits per heavy atom. The molecule has 0 aliphatic heterocycles. The zero-order valence-corrected chi connectivity index (χ0v) is 11.3. The first-order valence-corrected chi connectivity index (χ1v) is 7.33. The molecular formula is C15H10N2Se. The third-order valence-corrected chi connectivity index (χ3v) is 4.38. The van der Waals surface area contributed by atoms with Crippen LogP contribution in [0.5, 0.6) is 0 Å². The van der Waals surface area contributed by atoms with Gasteiger partial charge in [-0.05, 0) is 0 Å². The maximum atomic E-state index is 9.03. The molecule has 1 heterocycles. The number of hydrogen-bond acceptors (Lipinski definition) is 1. The van der Waals surface area contributed by atoms with Gasteiger partial charge in [0.2, 0.25) is 0 Å². The van der Waals surface area contributed by atoms with E-state index in [4.69, 9.17) is 5.26 Å². The fraction of sp³-hybridized carbons (Fsp3) is 0. The zero-order chi connectivity index (χ0) is 12.4. The van der Waals surface area contributed by atoms with E-state index in [0.717, 1.165) is 26.6 Å². The Balaban J connectivity index is 2.29. The summed E-state index contributed by atoms with van der Waals surface area (Å²) in [6.07, 6.45) is 0. The number of nitrogens with zero attached hydrogens (tertiary/aromatic N) is 1. The van der Waals surface area contributed by atoms with Gasteiger partial charge < -0.3 is 0 Å². The van der Waals surface area contributed by atoms with Crippen molar-refractivity contribution in [1.29, 1.82) is 5.26 Å². The van der Waals surface area contributed by atoms with Gasteiger partial charge >= 0.3 is 111 Å². The number of benzene rings is 2. The molecule has 3 heteroatoms. The van der Waals surface area contributed by atoms with Gasteiger partial charge in [0.15, 0.2) is 0 Å². The molecule has 3 rings (SSSR count). The first kappa shape index (κ1) is 11.1. The van der Waals surface area contributed by atoms with E-state index in [1.807, 2.05) is 30.3 Å². The summed E-state index contributed by atoms with van der Waals surface area (Å²) in [7, 11) is 0. The number of aromatic nitrogens is 1. The summed E-state index contributed by atoms with van der Waals surface area (Å²) in [6, 6.07) is 18.3. The van der Waals surface area contributed by atoms with Crippen molar-refractivity contribution in [3.05, 3.63) is 54.6 Å². The van der Waals surface area contributed by atoms with E-state index in [0.29, 0.717) is 0 Å². The van der Waals surface area contributed by atoms with Gasteiger partial charge in [-0.2, -0.15) is 0 Å². The second-order valence-corrected chi connectivity index (χ2v) is 5.60. The molecule has 0 bridgehead atoms. The van der Waals surface area contributed by atoms with Crippen molar-refractivity contribution in [2.75, 3.05) is 0 Å². The Morgan fingerprint density at radius 3 is 2.44 bits per heavy atom. The van der Waals surface area contributed by atoms with Crippen molar-refractivity contribution in [1.82, 2.24) is 4.98 Å². The van der Waals surface area contributed by atoms with E-state index in [-0.39, 0.29) is 15.0 Å². The molecule has 1 aromatic heterocycles. The molecule has 3 aromatic rings. The van der Waals surface area contributed by atoms with Crippen LogP contribution in [0.1, 0.15) is 0 Å². The van der Waals surface area contributed by atoms with Crippen molar-refractivity contribution in [3.63, 3.8) is 0 Å². The molecule has 0 radical (unpaired) electrons. The number of nitriles is 1. The molecule has 86 valence electrons. The fourth-order valence-corrected chi connectivity index (χ4v) is 3.44. The Labute approximate surface area is 111 Å². The summed E-state index contributed by atoms with van der Waals surface area (Å²) >= 11 is -0.162. The first-order valence-electron chi connectivity index (χ1n) is 5.62. The van der Waals surface area contributed by atoms with Gasteiger partial charge in [-0.1, -0.05) is 0 Å². The minimum atomic E-state index is -0.162. The predicted octanol–water partition coefficient (Wildman–Crippen LogP) is 2.65. The molecule has 0 atom stereocenters. The summed E-state index contributed by atoms with van der Waals surface area (Å²) in [5.74, 6) is 0. The number of para-hydroxylation sites is 1. The molecule has 2 aromatic carbocycles. The number of aromatic amines is 1. The number of rotatable bonds is 2. The van der Waals surface area contributed by atoms with Crippen molar-refractivity contribution >= 4 is 30.3 Å². The van der Waals surface area contributed by atoms with Crippen LogP contribution in [0.2, 0.25) is 0 Å². The van der Waals surface area contributed by atoms with Gasteiger partial charge in [0.25, 0.3) is 0 Å². The van der Waals surface area contributed by atoms with Crippen LogP contribution in [0, 0.1) is 10.2 Å². The van der Waals surface area contributed by atoms with E-state index in [1.165, 1.54) is 0 Å². The van der Waals surface area contributed by atoms with Crippen molar-refractivity contribution in [2.45, 2.75) is 0 Å². The third-order valence-electron chi connectivity index (χ3n) is 2.87. The molecule has 0 unspecified atom stereocenters. The van der Waals surface area contributed by atoms with E-state index >= 15 is 0 Å². The van der Waals surface area contributed by atoms with Crippen LogP contribution in [0.25, 0.3) is 22.2 Å². The maximum absolute atomic E-state index is 9.03. The molecule has 0 saturated carbocycles. The molecule has 18 heavy (non-hydrogen) atoms. The summed E-state index contributed by atoms with van der Waals surface area (Å²) in [5, 5.41) is 10.2. The van der Waals surface area contributed by atoms with E-state index in [1.54, 1.807) is 0 Å². The summed E-state index contributed by atoms with van der Waals surface area (Å²) in [4.78, 5) is 5.74. The monoisotopic (exact) mass is 298 g/mol. The Morgan fingerprint density at radius 1 is 0.944 bits per heavy atom. The van der Waals surface area contributed by atoms with E-state index in [9.17, 15) is 0 Å². The second kappa shape index (κ2) is 4.70. The Bertz CT molecular complexity index is 723. The van der Waals surface area contributed by atoms with Gasteiger partial charge in [0.1, 0.15) is 0 Å². The van der Waals surface area contributed by atoms with Gasteiger partial charge in [-0.3, -0.25) is 0 Å². The molecule has 0 aliphatic carbocycles. The minimum absolute atomic E-state index is 0.162. The Kier molecular flexibility index (Phi) is 2.90. The van der Waals surface area contributed by atoms with Crippen LogP contribution >= 0.6 is 0 Å². The third kappa shape index (κ3) is 1.82. The second-order valence-electron chi connectivity index (χ2n) is 3.93. The SMILES string of the molecule is N#C[Se]c1c(-c2ccccc2)[nH]c2ccccc12.